The first-order chi connectivity index (χ1) is 12.4. The van der Waals surface area contributed by atoms with Crippen LogP contribution in [0.1, 0.15) is 32.1 Å². The zero-order chi connectivity index (χ0) is 18.4. The number of fused-ring (bicyclic) bond motifs is 2. The summed E-state index contributed by atoms with van der Waals surface area (Å²) in [6, 6.07) is 7.78. The molecule has 2 N–H and O–H groups in total. The Morgan fingerprint density at radius 1 is 1.23 bits per heavy atom. The Morgan fingerprint density at radius 2 is 1.92 bits per heavy atom. The van der Waals surface area contributed by atoms with Gasteiger partial charge in [0, 0.05) is 0 Å². The van der Waals surface area contributed by atoms with Crippen LogP contribution in [0.2, 0.25) is 0 Å². The van der Waals surface area contributed by atoms with Crippen LogP contribution in [0.3, 0.4) is 0 Å². The van der Waals surface area contributed by atoms with Crippen molar-refractivity contribution in [3.05, 3.63) is 30.3 Å². The van der Waals surface area contributed by atoms with Gasteiger partial charge >= 0.3 is 0 Å². The van der Waals surface area contributed by atoms with Crippen LogP contribution in [0.25, 0.3) is 0 Å². The third-order valence-electron chi connectivity index (χ3n) is 5.91. The first-order valence-corrected chi connectivity index (χ1v) is 10.5. The van der Waals surface area contributed by atoms with Crippen LogP contribution >= 0.6 is 0 Å². The van der Waals surface area contributed by atoms with E-state index in [0.29, 0.717) is 30.9 Å². The van der Waals surface area contributed by atoms with Gasteiger partial charge in [0.25, 0.3) is 5.91 Å². The number of β-lactam (4-membered cyclic amide) rings is 1. The maximum absolute atomic E-state index is 13.1. The fraction of sp³-hybridized carbons (Fsp3) is 0.556. The molecule has 8 heteroatoms. The van der Waals surface area contributed by atoms with Crippen molar-refractivity contribution in [1.82, 2.24) is 10.6 Å². The van der Waals surface area contributed by atoms with Gasteiger partial charge in [-0.05, 0) is 50.2 Å². The summed E-state index contributed by atoms with van der Waals surface area (Å²) in [5.41, 5.74) is 0. The third-order valence-corrected chi connectivity index (χ3v) is 8.75. The van der Waals surface area contributed by atoms with Crippen LogP contribution in [0.5, 0.6) is 5.75 Å². The summed E-state index contributed by atoms with van der Waals surface area (Å²) in [4.78, 5) is 24.0. The van der Waals surface area contributed by atoms with Crippen LogP contribution in [-0.2, 0) is 19.4 Å². The molecular formula is C18H22N2O5S. The smallest absolute Gasteiger partial charge is 0.258 e. The quantitative estimate of drug-likeness (QED) is 0.712. The summed E-state index contributed by atoms with van der Waals surface area (Å²) in [6.45, 7) is -0.270. The SMILES string of the molecule is O=C(COc1ccccc1)N[C@@H]1C(=O)NC1S(=O)(=O)C12CCC(CC1)C2. The molecule has 26 heavy (non-hydrogen) atoms. The first-order valence-electron chi connectivity index (χ1n) is 8.92. The lowest BCUT2D eigenvalue weighted by molar-refractivity contribution is -0.135. The molecule has 1 aromatic rings. The molecule has 0 aromatic heterocycles. The van der Waals surface area contributed by atoms with Crippen molar-refractivity contribution >= 4 is 21.7 Å². The Balaban J connectivity index is 1.40. The van der Waals surface area contributed by atoms with Crippen LogP contribution in [-0.4, -0.2) is 43.0 Å². The highest BCUT2D eigenvalue weighted by atomic mass is 32.2. The molecule has 7 nitrogen and oxygen atoms in total. The van der Waals surface area contributed by atoms with Crippen LogP contribution < -0.4 is 15.4 Å². The topological polar surface area (TPSA) is 102 Å². The van der Waals surface area contributed by atoms with E-state index in [-0.39, 0.29) is 6.61 Å². The van der Waals surface area contributed by atoms with Crippen molar-refractivity contribution in [2.24, 2.45) is 5.92 Å². The fourth-order valence-electron chi connectivity index (χ4n) is 4.44. The van der Waals surface area contributed by atoms with Gasteiger partial charge in [-0.25, -0.2) is 8.42 Å². The first kappa shape index (κ1) is 17.3. The lowest BCUT2D eigenvalue weighted by Gasteiger charge is -2.41. The second-order valence-electron chi connectivity index (χ2n) is 7.45. The van der Waals surface area contributed by atoms with Crippen molar-refractivity contribution in [2.75, 3.05) is 6.61 Å². The number of carbonyl (C=O) groups excluding carboxylic acids is 2. The summed E-state index contributed by atoms with van der Waals surface area (Å²) in [5, 5.41) is 3.97. The Morgan fingerprint density at radius 3 is 2.50 bits per heavy atom. The Bertz CT molecular complexity index is 815. The van der Waals surface area contributed by atoms with Crippen molar-refractivity contribution < 1.29 is 22.7 Å². The molecular weight excluding hydrogens is 356 g/mol. The van der Waals surface area contributed by atoms with E-state index < -0.39 is 37.8 Å². The summed E-state index contributed by atoms with van der Waals surface area (Å²) >= 11 is 0. The van der Waals surface area contributed by atoms with Crippen LogP contribution in [0.15, 0.2) is 30.3 Å². The van der Waals surface area contributed by atoms with Gasteiger partial charge in [-0.2, -0.15) is 0 Å². The van der Waals surface area contributed by atoms with E-state index in [1.54, 1.807) is 24.3 Å². The number of amides is 2. The number of hydrogen-bond acceptors (Lipinski definition) is 5. The average molecular weight is 378 g/mol. The summed E-state index contributed by atoms with van der Waals surface area (Å²) in [5.74, 6) is 0.0392. The van der Waals surface area contributed by atoms with E-state index in [2.05, 4.69) is 10.6 Å². The number of carbonyl (C=O) groups is 2. The molecule has 2 aliphatic carbocycles. The standard InChI is InChI=1S/C18H22N2O5S/c21-14(11-25-13-4-2-1-3-5-13)19-15-16(22)20-17(15)26(23,24)18-8-6-12(10-18)7-9-18/h1-5,12,15,17H,6-11H2,(H,19,21)(H,20,22)/t12?,15-,17?,18?/m1/s1. The summed E-state index contributed by atoms with van der Waals surface area (Å²) < 4.78 is 30.9. The van der Waals surface area contributed by atoms with Gasteiger partial charge in [-0.15, -0.1) is 0 Å². The number of para-hydroxylation sites is 1. The fourth-order valence-corrected chi connectivity index (χ4v) is 7.07. The molecule has 2 amide bonds. The summed E-state index contributed by atoms with van der Waals surface area (Å²) in [6.07, 6.45) is 3.86. The van der Waals surface area contributed by atoms with Gasteiger partial charge in [0.15, 0.2) is 21.8 Å². The van der Waals surface area contributed by atoms with Crippen LogP contribution in [0, 0.1) is 5.92 Å². The molecule has 3 fully saturated rings. The highest BCUT2D eigenvalue weighted by Gasteiger charge is 2.61. The third kappa shape index (κ3) is 2.76. The number of rotatable bonds is 6. The van der Waals surface area contributed by atoms with E-state index in [4.69, 9.17) is 4.74 Å². The van der Waals surface area contributed by atoms with Gasteiger partial charge in [0.1, 0.15) is 11.8 Å². The van der Waals surface area contributed by atoms with Crippen molar-refractivity contribution in [2.45, 2.75) is 48.3 Å². The minimum atomic E-state index is -3.55. The predicted octanol–water partition coefficient (Wildman–Crippen LogP) is 0.754. The Hall–Kier alpha value is -2.09. The minimum Gasteiger partial charge on any atom is -0.484 e. The molecule has 1 heterocycles. The highest BCUT2D eigenvalue weighted by molar-refractivity contribution is 7.93. The van der Waals surface area contributed by atoms with Crippen molar-refractivity contribution in [3.63, 3.8) is 0 Å². The molecule has 0 spiro atoms. The lowest BCUT2D eigenvalue weighted by Crippen LogP contribution is -2.73. The lowest BCUT2D eigenvalue weighted by atomic mass is 10.0. The Kier molecular flexibility index (Phi) is 4.17. The number of nitrogens with one attached hydrogen (secondary N) is 2. The minimum absolute atomic E-state index is 0.270. The normalized spacial score (nSPS) is 32.6. The van der Waals surface area contributed by atoms with Crippen molar-refractivity contribution in [3.8, 4) is 5.75 Å². The molecule has 3 aliphatic rings. The van der Waals surface area contributed by atoms with E-state index in [9.17, 15) is 18.0 Å². The molecule has 2 atom stereocenters. The molecule has 2 saturated carbocycles. The zero-order valence-corrected chi connectivity index (χ0v) is 15.1. The molecule has 2 bridgehead atoms. The average Bonchev–Trinajstić information content (AvgIpc) is 3.26. The Labute approximate surface area is 152 Å². The molecule has 140 valence electrons. The van der Waals surface area contributed by atoms with Gasteiger partial charge in [-0.1, -0.05) is 18.2 Å². The molecule has 0 radical (unpaired) electrons. The molecule has 1 saturated heterocycles. The largest absolute Gasteiger partial charge is 0.484 e. The van der Waals surface area contributed by atoms with Crippen LogP contribution in [0.4, 0.5) is 0 Å². The second-order valence-corrected chi connectivity index (χ2v) is 9.92. The number of sulfone groups is 1. The molecule has 1 aliphatic heterocycles. The predicted molar refractivity (Wildman–Crippen MR) is 94.0 cm³/mol. The molecule has 1 unspecified atom stereocenters. The van der Waals surface area contributed by atoms with Gasteiger partial charge < -0.3 is 15.4 Å². The monoisotopic (exact) mass is 378 g/mol. The van der Waals surface area contributed by atoms with E-state index in [0.717, 1.165) is 12.8 Å². The van der Waals surface area contributed by atoms with E-state index in [1.807, 2.05) is 6.07 Å². The highest BCUT2D eigenvalue weighted by Crippen LogP contribution is 2.53. The zero-order valence-electron chi connectivity index (χ0n) is 14.3. The van der Waals surface area contributed by atoms with Gasteiger partial charge in [-0.3, -0.25) is 9.59 Å². The van der Waals surface area contributed by atoms with Gasteiger partial charge in [0.05, 0.1) is 4.75 Å². The molecule has 4 rings (SSSR count). The van der Waals surface area contributed by atoms with Crippen molar-refractivity contribution in [1.29, 1.82) is 0 Å². The van der Waals surface area contributed by atoms with Gasteiger partial charge in [0.2, 0.25) is 5.91 Å². The second kappa shape index (κ2) is 6.26. The number of hydrogen-bond donors (Lipinski definition) is 2. The van der Waals surface area contributed by atoms with E-state index >= 15 is 0 Å². The number of benzene rings is 1. The number of ether oxygens (including phenoxy) is 1. The summed E-state index contributed by atoms with van der Waals surface area (Å²) in [7, 11) is -3.55. The maximum atomic E-state index is 13.1. The maximum Gasteiger partial charge on any atom is 0.258 e. The molecule has 1 aromatic carbocycles. The van der Waals surface area contributed by atoms with E-state index in [1.165, 1.54) is 0 Å².